The molecule has 20 heavy (non-hydrogen) atoms. The molecule has 0 bridgehead atoms. The highest BCUT2D eigenvalue weighted by molar-refractivity contribution is 9.10. The lowest BCUT2D eigenvalue weighted by molar-refractivity contribution is -0.137. The van der Waals surface area contributed by atoms with Crippen molar-refractivity contribution >= 4 is 50.6 Å². The predicted molar refractivity (Wildman–Crippen MR) is 74.5 cm³/mol. The summed E-state index contributed by atoms with van der Waals surface area (Å²) >= 11 is 14.8. The van der Waals surface area contributed by atoms with Crippen LogP contribution in [-0.2, 0) is 6.18 Å². The Morgan fingerprint density at radius 1 is 1.15 bits per heavy atom. The summed E-state index contributed by atoms with van der Waals surface area (Å²) in [6.07, 6.45) is -3.23. The summed E-state index contributed by atoms with van der Waals surface area (Å²) in [7, 11) is 0. The Bertz CT molecular complexity index is 649. The van der Waals surface area contributed by atoms with E-state index in [-0.39, 0.29) is 15.9 Å². The molecule has 0 atom stereocenters. The summed E-state index contributed by atoms with van der Waals surface area (Å²) in [5.74, 6) is 0.298. The van der Waals surface area contributed by atoms with Gasteiger partial charge in [0, 0.05) is 0 Å². The highest BCUT2D eigenvalue weighted by Crippen LogP contribution is 2.36. The van der Waals surface area contributed by atoms with Crippen LogP contribution in [-0.4, -0.2) is 9.97 Å². The van der Waals surface area contributed by atoms with Crippen LogP contribution >= 0.6 is 39.1 Å². The molecule has 1 N–H and O–H groups in total. The molecule has 1 aromatic carbocycles. The molecule has 106 valence electrons. The number of nitrogens with zero attached hydrogens (tertiary/aromatic N) is 2. The molecule has 0 saturated carbocycles. The quantitative estimate of drug-likeness (QED) is 0.711. The van der Waals surface area contributed by atoms with E-state index in [0.29, 0.717) is 10.3 Å². The zero-order valence-corrected chi connectivity index (χ0v) is 12.6. The van der Waals surface area contributed by atoms with Gasteiger partial charge >= 0.3 is 6.18 Å². The van der Waals surface area contributed by atoms with Crippen LogP contribution in [0.1, 0.15) is 5.56 Å². The lowest BCUT2D eigenvalue weighted by atomic mass is 10.2. The van der Waals surface area contributed by atoms with Crippen molar-refractivity contribution in [2.24, 2.45) is 0 Å². The molecule has 2 rings (SSSR count). The van der Waals surface area contributed by atoms with E-state index in [1.165, 1.54) is 12.4 Å². The van der Waals surface area contributed by atoms with E-state index in [9.17, 15) is 13.2 Å². The van der Waals surface area contributed by atoms with Crippen LogP contribution in [0.2, 0.25) is 10.2 Å². The number of hydrogen-bond donors (Lipinski definition) is 1. The molecule has 0 unspecified atom stereocenters. The van der Waals surface area contributed by atoms with Crippen molar-refractivity contribution in [1.29, 1.82) is 0 Å². The Kier molecular flexibility index (Phi) is 4.41. The van der Waals surface area contributed by atoms with Gasteiger partial charge in [-0.1, -0.05) is 23.2 Å². The van der Waals surface area contributed by atoms with Crippen molar-refractivity contribution in [2.45, 2.75) is 6.18 Å². The van der Waals surface area contributed by atoms with Gasteiger partial charge in [-0.15, -0.1) is 0 Å². The monoisotopic (exact) mass is 385 g/mol. The van der Waals surface area contributed by atoms with Crippen molar-refractivity contribution in [3.63, 3.8) is 0 Å². The SMILES string of the molecule is FC(F)(F)c1ccc(Nc2ncnc(Cl)c2Br)c(Cl)c1. The molecule has 1 aromatic heterocycles. The largest absolute Gasteiger partial charge is 0.416 e. The van der Waals surface area contributed by atoms with Gasteiger partial charge in [0.2, 0.25) is 0 Å². The summed E-state index contributed by atoms with van der Waals surface area (Å²) in [5.41, 5.74) is -0.553. The average Bonchev–Trinajstić information content (AvgIpc) is 2.36. The first kappa shape index (κ1) is 15.3. The van der Waals surface area contributed by atoms with Crippen LogP contribution < -0.4 is 5.32 Å². The number of aromatic nitrogens is 2. The van der Waals surface area contributed by atoms with Gasteiger partial charge < -0.3 is 5.32 Å². The molecule has 9 heteroatoms. The molecule has 1 heterocycles. The minimum atomic E-state index is -4.44. The number of alkyl halides is 3. The molecule has 0 fully saturated rings. The molecule has 0 aliphatic heterocycles. The third kappa shape index (κ3) is 3.34. The van der Waals surface area contributed by atoms with Gasteiger partial charge in [0.1, 0.15) is 17.3 Å². The van der Waals surface area contributed by atoms with E-state index in [0.717, 1.165) is 12.1 Å². The molecule has 0 saturated heterocycles. The topological polar surface area (TPSA) is 37.8 Å². The molecular weight excluding hydrogens is 382 g/mol. The summed E-state index contributed by atoms with van der Waals surface area (Å²) in [4.78, 5) is 7.65. The van der Waals surface area contributed by atoms with Crippen molar-refractivity contribution < 1.29 is 13.2 Å². The van der Waals surface area contributed by atoms with Crippen LogP contribution in [0.5, 0.6) is 0 Å². The molecule has 0 radical (unpaired) electrons. The summed E-state index contributed by atoms with van der Waals surface area (Å²) in [6, 6.07) is 2.97. The minimum absolute atomic E-state index is 0.0820. The molecule has 3 nitrogen and oxygen atoms in total. The smallest absolute Gasteiger partial charge is 0.338 e. The number of benzene rings is 1. The molecule has 0 spiro atoms. The lowest BCUT2D eigenvalue weighted by Gasteiger charge is -2.12. The first-order chi connectivity index (χ1) is 9.29. The maximum atomic E-state index is 12.5. The Morgan fingerprint density at radius 3 is 2.45 bits per heavy atom. The van der Waals surface area contributed by atoms with E-state index < -0.39 is 11.7 Å². The maximum absolute atomic E-state index is 12.5. The maximum Gasteiger partial charge on any atom is 0.416 e. The molecular formula is C11H5BrCl2F3N3. The Morgan fingerprint density at radius 2 is 1.85 bits per heavy atom. The lowest BCUT2D eigenvalue weighted by Crippen LogP contribution is -2.05. The third-order valence-electron chi connectivity index (χ3n) is 2.30. The van der Waals surface area contributed by atoms with Crippen molar-refractivity contribution in [1.82, 2.24) is 9.97 Å². The summed E-state index contributed by atoms with van der Waals surface area (Å²) in [6.45, 7) is 0. The van der Waals surface area contributed by atoms with Crippen molar-refractivity contribution in [2.75, 3.05) is 5.32 Å². The molecule has 0 aliphatic carbocycles. The van der Waals surface area contributed by atoms with Crippen LogP contribution in [0.3, 0.4) is 0 Å². The summed E-state index contributed by atoms with van der Waals surface area (Å²) in [5, 5.41) is 2.87. The fourth-order valence-electron chi connectivity index (χ4n) is 1.36. The fraction of sp³-hybridized carbons (Fsp3) is 0.0909. The molecule has 0 aliphatic rings. The van der Waals surface area contributed by atoms with Gasteiger partial charge in [-0.3, -0.25) is 0 Å². The summed E-state index contributed by atoms with van der Waals surface area (Å²) < 4.78 is 37.9. The number of hydrogen-bond acceptors (Lipinski definition) is 3. The zero-order chi connectivity index (χ0) is 14.9. The van der Waals surface area contributed by atoms with Gasteiger partial charge in [-0.2, -0.15) is 13.2 Å². The Balaban J connectivity index is 2.33. The Hall–Kier alpha value is -1.05. The number of nitrogens with one attached hydrogen (secondary N) is 1. The zero-order valence-electron chi connectivity index (χ0n) is 9.47. The van der Waals surface area contributed by atoms with E-state index in [1.54, 1.807) is 0 Å². The van der Waals surface area contributed by atoms with Crippen LogP contribution in [0.25, 0.3) is 0 Å². The standard InChI is InChI=1S/C11H5BrCl2F3N3/c12-8-9(14)18-4-19-10(8)20-7-2-1-5(3-6(7)13)11(15,16)17/h1-4H,(H,18,19,20). The molecule has 0 amide bonds. The highest BCUT2D eigenvalue weighted by Gasteiger charge is 2.30. The second-order valence-corrected chi connectivity index (χ2v) is 5.20. The minimum Gasteiger partial charge on any atom is -0.338 e. The second-order valence-electron chi connectivity index (χ2n) is 3.64. The first-order valence-corrected chi connectivity index (χ1v) is 6.63. The van der Waals surface area contributed by atoms with Crippen LogP contribution in [0.4, 0.5) is 24.7 Å². The molecule has 2 aromatic rings. The van der Waals surface area contributed by atoms with E-state index >= 15 is 0 Å². The fourth-order valence-corrected chi connectivity index (χ4v) is 2.02. The predicted octanol–water partition coefficient (Wildman–Crippen LogP) is 5.31. The Labute approximate surface area is 130 Å². The van der Waals surface area contributed by atoms with Gasteiger partial charge in [0.25, 0.3) is 0 Å². The number of rotatable bonds is 2. The normalized spacial score (nSPS) is 11.5. The van der Waals surface area contributed by atoms with Gasteiger partial charge in [-0.25, -0.2) is 9.97 Å². The van der Waals surface area contributed by atoms with E-state index in [1.807, 2.05) is 0 Å². The van der Waals surface area contributed by atoms with Crippen molar-refractivity contribution in [3.05, 3.63) is 44.7 Å². The van der Waals surface area contributed by atoms with Crippen molar-refractivity contribution in [3.8, 4) is 0 Å². The number of anilines is 2. The number of halogens is 6. The first-order valence-electron chi connectivity index (χ1n) is 5.09. The average molecular weight is 387 g/mol. The van der Waals surface area contributed by atoms with Gasteiger partial charge in [-0.05, 0) is 34.1 Å². The van der Waals surface area contributed by atoms with Gasteiger partial charge in [0.05, 0.1) is 20.7 Å². The van der Waals surface area contributed by atoms with E-state index in [2.05, 4.69) is 31.2 Å². The highest BCUT2D eigenvalue weighted by atomic mass is 79.9. The van der Waals surface area contributed by atoms with E-state index in [4.69, 9.17) is 23.2 Å². The van der Waals surface area contributed by atoms with Crippen LogP contribution in [0, 0.1) is 0 Å². The van der Waals surface area contributed by atoms with Gasteiger partial charge in [0.15, 0.2) is 0 Å². The van der Waals surface area contributed by atoms with Crippen LogP contribution in [0.15, 0.2) is 29.0 Å². The third-order valence-corrected chi connectivity index (χ3v) is 3.88. The second kappa shape index (κ2) is 5.75.